The Kier molecular flexibility index (Phi) is 5.56. The molecule has 1 aromatic rings. The molecule has 0 radical (unpaired) electrons. The Morgan fingerprint density at radius 3 is 2.35 bits per heavy atom. The van der Waals surface area contributed by atoms with Gasteiger partial charge < -0.3 is 14.5 Å². The monoisotopic (exact) mass is 359 g/mol. The molecule has 0 aromatic heterocycles. The first-order valence-corrected chi connectivity index (χ1v) is 8.91. The Morgan fingerprint density at radius 2 is 1.73 bits per heavy atom. The Hall–Kier alpha value is -2.41. The molecule has 0 spiro atoms. The van der Waals surface area contributed by atoms with Crippen LogP contribution < -0.4 is 0 Å². The van der Waals surface area contributed by atoms with E-state index >= 15 is 0 Å². The topological polar surface area (TPSA) is 70.2 Å². The van der Waals surface area contributed by atoms with Gasteiger partial charge in [-0.05, 0) is 11.1 Å². The van der Waals surface area contributed by atoms with E-state index in [9.17, 15) is 14.4 Å². The van der Waals surface area contributed by atoms with Gasteiger partial charge in [0.25, 0.3) is 0 Å². The standard InChI is InChI=1S/C19H25N3O4/c1-14(23)21-9-7-20(8-10-21)13-18(24)22-12-16-6-4-3-5-15(16)11-17(22)19(25)26-2/h3-6,17H,7-13H2,1-2H3/t17-/m1/s1. The van der Waals surface area contributed by atoms with Crippen molar-refractivity contribution in [3.8, 4) is 0 Å². The predicted molar refractivity (Wildman–Crippen MR) is 95.2 cm³/mol. The SMILES string of the molecule is COC(=O)[C@H]1Cc2ccccc2CN1C(=O)CN1CCN(C(C)=O)CC1. The van der Waals surface area contributed by atoms with Crippen LogP contribution in [-0.2, 0) is 32.1 Å². The van der Waals surface area contributed by atoms with E-state index in [4.69, 9.17) is 4.74 Å². The zero-order chi connectivity index (χ0) is 18.7. The number of carbonyl (C=O) groups excluding carboxylic acids is 3. The predicted octanol–water partition coefficient (Wildman–Crippen LogP) is 0.277. The summed E-state index contributed by atoms with van der Waals surface area (Å²) >= 11 is 0. The lowest BCUT2D eigenvalue weighted by molar-refractivity contribution is -0.154. The van der Waals surface area contributed by atoms with Crippen molar-refractivity contribution in [1.82, 2.24) is 14.7 Å². The zero-order valence-electron chi connectivity index (χ0n) is 15.3. The molecular weight excluding hydrogens is 334 g/mol. The fourth-order valence-corrected chi connectivity index (χ4v) is 3.63. The van der Waals surface area contributed by atoms with E-state index in [0.29, 0.717) is 39.1 Å². The van der Waals surface area contributed by atoms with Crippen LogP contribution in [-0.4, -0.2) is 78.4 Å². The molecule has 1 aromatic carbocycles. The molecule has 1 saturated heterocycles. The minimum absolute atomic E-state index is 0.0642. The number of nitrogens with zero attached hydrogens (tertiary/aromatic N) is 3. The molecule has 7 nitrogen and oxygen atoms in total. The number of piperazine rings is 1. The molecule has 0 N–H and O–H groups in total. The smallest absolute Gasteiger partial charge is 0.328 e. The zero-order valence-corrected chi connectivity index (χ0v) is 15.3. The second-order valence-corrected chi connectivity index (χ2v) is 6.82. The molecule has 2 aliphatic heterocycles. The second-order valence-electron chi connectivity index (χ2n) is 6.82. The first-order valence-electron chi connectivity index (χ1n) is 8.91. The van der Waals surface area contributed by atoms with E-state index < -0.39 is 6.04 Å². The van der Waals surface area contributed by atoms with Gasteiger partial charge in [0, 0.05) is 46.1 Å². The van der Waals surface area contributed by atoms with Gasteiger partial charge in [0.05, 0.1) is 13.7 Å². The highest BCUT2D eigenvalue weighted by atomic mass is 16.5. The normalized spacial score (nSPS) is 20.5. The molecular formula is C19H25N3O4. The van der Waals surface area contributed by atoms with Crippen LogP contribution in [0.1, 0.15) is 18.1 Å². The lowest BCUT2D eigenvalue weighted by Gasteiger charge is -2.38. The molecule has 2 heterocycles. The molecule has 3 rings (SSSR count). The third-order valence-corrected chi connectivity index (χ3v) is 5.22. The van der Waals surface area contributed by atoms with Gasteiger partial charge in [-0.15, -0.1) is 0 Å². The minimum Gasteiger partial charge on any atom is -0.467 e. The molecule has 2 aliphatic rings. The summed E-state index contributed by atoms with van der Waals surface area (Å²) in [5, 5.41) is 0. The molecule has 0 saturated carbocycles. The number of esters is 1. The lowest BCUT2D eigenvalue weighted by Crippen LogP contribution is -2.54. The van der Waals surface area contributed by atoms with Crippen LogP contribution in [0.3, 0.4) is 0 Å². The summed E-state index contributed by atoms with van der Waals surface area (Å²) in [6, 6.07) is 7.30. The summed E-state index contributed by atoms with van der Waals surface area (Å²) in [5.41, 5.74) is 2.16. The average Bonchev–Trinajstić information content (AvgIpc) is 2.66. The summed E-state index contributed by atoms with van der Waals surface area (Å²) in [5.74, 6) is -0.394. The number of ether oxygens (including phenoxy) is 1. The maximum atomic E-state index is 12.9. The molecule has 1 fully saturated rings. The highest BCUT2D eigenvalue weighted by Crippen LogP contribution is 2.24. The summed E-state index contributed by atoms with van der Waals surface area (Å²) in [7, 11) is 1.35. The molecule has 26 heavy (non-hydrogen) atoms. The number of benzene rings is 1. The van der Waals surface area contributed by atoms with Crippen LogP contribution in [0.4, 0.5) is 0 Å². The molecule has 0 bridgehead atoms. The van der Waals surface area contributed by atoms with Crippen LogP contribution in [0, 0.1) is 0 Å². The van der Waals surface area contributed by atoms with Crippen molar-refractivity contribution in [1.29, 1.82) is 0 Å². The summed E-state index contributed by atoms with van der Waals surface area (Å²) in [6.45, 7) is 4.82. The molecule has 2 amide bonds. The highest BCUT2D eigenvalue weighted by Gasteiger charge is 2.36. The molecule has 0 aliphatic carbocycles. The van der Waals surface area contributed by atoms with E-state index in [1.54, 1.807) is 16.7 Å². The van der Waals surface area contributed by atoms with Gasteiger partial charge in [0.1, 0.15) is 6.04 Å². The highest BCUT2D eigenvalue weighted by molar-refractivity contribution is 5.86. The average molecular weight is 359 g/mol. The molecule has 140 valence electrons. The van der Waals surface area contributed by atoms with Gasteiger partial charge in [0.2, 0.25) is 11.8 Å². The largest absolute Gasteiger partial charge is 0.467 e. The Bertz CT molecular complexity index is 698. The molecule has 0 unspecified atom stereocenters. The fraction of sp³-hybridized carbons (Fsp3) is 0.526. The molecule has 1 atom stereocenters. The van der Waals surface area contributed by atoms with Crippen LogP contribution in [0.5, 0.6) is 0 Å². The Labute approximate surface area is 153 Å². The van der Waals surface area contributed by atoms with Gasteiger partial charge in [-0.3, -0.25) is 14.5 Å². The third-order valence-electron chi connectivity index (χ3n) is 5.22. The second kappa shape index (κ2) is 7.86. The van der Waals surface area contributed by atoms with Crippen molar-refractivity contribution in [3.63, 3.8) is 0 Å². The van der Waals surface area contributed by atoms with Crippen LogP contribution >= 0.6 is 0 Å². The van der Waals surface area contributed by atoms with Crippen molar-refractivity contribution in [3.05, 3.63) is 35.4 Å². The van der Waals surface area contributed by atoms with E-state index in [0.717, 1.165) is 11.1 Å². The van der Waals surface area contributed by atoms with Crippen molar-refractivity contribution in [2.24, 2.45) is 0 Å². The summed E-state index contributed by atoms with van der Waals surface area (Å²) in [4.78, 5) is 42.0. The third kappa shape index (κ3) is 3.88. The van der Waals surface area contributed by atoms with Crippen molar-refractivity contribution in [2.75, 3.05) is 39.8 Å². The van der Waals surface area contributed by atoms with E-state index in [1.165, 1.54) is 7.11 Å². The molecule has 7 heteroatoms. The number of carbonyl (C=O) groups is 3. The van der Waals surface area contributed by atoms with Crippen molar-refractivity contribution in [2.45, 2.75) is 25.9 Å². The van der Waals surface area contributed by atoms with Crippen LogP contribution in [0.15, 0.2) is 24.3 Å². The van der Waals surface area contributed by atoms with E-state index in [-0.39, 0.29) is 24.3 Å². The van der Waals surface area contributed by atoms with Gasteiger partial charge >= 0.3 is 5.97 Å². The maximum absolute atomic E-state index is 12.9. The van der Waals surface area contributed by atoms with Crippen LogP contribution in [0.25, 0.3) is 0 Å². The summed E-state index contributed by atoms with van der Waals surface area (Å²) in [6.07, 6.45) is 0.479. The number of fused-ring (bicyclic) bond motifs is 1. The van der Waals surface area contributed by atoms with Crippen molar-refractivity contribution >= 4 is 17.8 Å². The summed E-state index contributed by atoms with van der Waals surface area (Å²) < 4.78 is 4.92. The number of methoxy groups -OCH3 is 1. The van der Waals surface area contributed by atoms with Crippen molar-refractivity contribution < 1.29 is 19.1 Å². The van der Waals surface area contributed by atoms with Gasteiger partial charge in [-0.2, -0.15) is 0 Å². The Balaban J connectivity index is 1.68. The fourth-order valence-electron chi connectivity index (χ4n) is 3.63. The number of rotatable bonds is 3. The quantitative estimate of drug-likeness (QED) is 0.725. The number of hydrogen-bond donors (Lipinski definition) is 0. The van der Waals surface area contributed by atoms with Crippen LogP contribution in [0.2, 0.25) is 0 Å². The lowest BCUT2D eigenvalue weighted by atomic mass is 9.94. The maximum Gasteiger partial charge on any atom is 0.328 e. The number of hydrogen-bond acceptors (Lipinski definition) is 5. The van der Waals surface area contributed by atoms with Gasteiger partial charge in [-0.1, -0.05) is 24.3 Å². The first-order chi connectivity index (χ1) is 12.5. The van der Waals surface area contributed by atoms with E-state index in [1.807, 2.05) is 29.2 Å². The van der Waals surface area contributed by atoms with E-state index in [2.05, 4.69) is 0 Å². The Morgan fingerprint density at radius 1 is 1.08 bits per heavy atom. The minimum atomic E-state index is -0.582. The first kappa shape index (κ1) is 18.4. The van der Waals surface area contributed by atoms with Gasteiger partial charge in [-0.25, -0.2) is 4.79 Å². The van der Waals surface area contributed by atoms with Gasteiger partial charge in [0.15, 0.2) is 0 Å². The number of amides is 2.